The third-order valence-corrected chi connectivity index (χ3v) is 2.07. The lowest BCUT2D eigenvalue weighted by atomic mass is 9.98. The third kappa shape index (κ3) is 2.32. The van der Waals surface area contributed by atoms with Crippen molar-refractivity contribution in [2.45, 2.75) is 19.8 Å². The maximum Gasteiger partial charge on any atom is 0.0960 e. The molecule has 0 radical (unpaired) electrons. The van der Waals surface area contributed by atoms with Crippen molar-refractivity contribution in [3.63, 3.8) is 0 Å². The van der Waals surface area contributed by atoms with E-state index in [1.807, 2.05) is 32.0 Å². The predicted molar refractivity (Wildman–Crippen MR) is 53.5 cm³/mol. The van der Waals surface area contributed by atoms with Crippen molar-refractivity contribution in [3.05, 3.63) is 34.9 Å². The van der Waals surface area contributed by atoms with Gasteiger partial charge in [0.1, 0.15) is 0 Å². The average molecular weight is 176 g/mol. The SMILES string of the molecule is C#Cc1cc(C)cc(C(C)CF)c1. The Bertz CT molecular complexity index is 333. The first-order valence-corrected chi connectivity index (χ1v) is 4.31. The smallest absolute Gasteiger partial charge is 0.0960 e. The summed E-state index contributed by atoms with van der Waals surface area (Å²) in [6.45, 7) is 3.48. The number of hydrogen-bond donors (Lipinski definition) is 0. The molecule has 1 atom stereocenters. The Balaban J connectivity index is 3.10. The van der Waals surface area contributed by atoms with Crippen molar-refractivity contribution < 1.29 is 4.39 Å². The van der Waals surface area contributed by atoms with E-state index in [-0.39, 0.29) is 12.6 Å². The normalized spacial score (nSPS) is 12.2. The molecule has 0 aliphatic rings. The summed E-state index contributed by atoms with van der Waals surface area (Å²) >= 11 is 0. The summed E-state index contributed by atoms with van der Waals surface area (Å²) in [5, 5.41) is 0. The van der Waals surface area contributed by atoms with E-state index in [4.69, 9.17) is 6.42 Å². The first-order chi connectivity index (χ1) is 6.17. The van der Waals surface area contributed by atoms with E-state index in [1.54, 1.807) is 0 Å². The lowest BCUT2D eigenvalue weighted by Gasteiger charge is -2.08. The average Bonchev–Trinajstić information content (AvgIpc) is 2.15. The molecule has 1 rings (SSSR count). The molecule has 13 heavy (non-hydrogen) atoms. The molecule has 0 saturated carbocycles. The second-order valence-electron chi connectivity index (χ2n) is 3.33. The molecule has 0 amide bonds. The maximum absolute atomic E-state index is 12.4. The van der Waals surface area contributed by atoms with E-state index in [1.165, 1.54) is 0 Å². The Labute approximate surface area is 78.8 Å². The lowest BCUT2D eigenvalue weighted by Crippen LogP contribution is -1.96. The van der Waals surface area contributed by atoms with Gasteiger partial charge in [-0.05, 0) is 30.2 Å². The van der Waals surface area contributed by atoms with Gasteiger partial charge in [-0.25, -0.2) is 0 Å². The first kappa shape index (κ1) is 9.80. The molecule has 0 fully saturated rings. The molecule has 1 aromatic carbocycles. The zero-order valence-corrected chi connectivity index (χ0v) is 7.97. The zero-order valence-electron chi connectivity index (χ0n) is 7.97. The standard InChI is InChI=1S/C12H13F/c1-4-11-5-9(2)6-12(7-11)10(3)8-13/h1,5-7,10H,8H2,2-3H3. The number of rotatable bonds is 2. The van der Waals surface area contributed by atoms with Gasteiger partial charge in [-0.3, -0.25) is 4.39 Å². The van der Waals surface area contributed by atoms with Gasteiger partial charge in [-0.2, -0.15) is 0 Å². The minimum Gasteiger partial charge on any atom is -0.250 e. The fraction of sp³-hybridized carbons (Fsp3) is 0.333. The van der Waals surface area contributed by atoms with Crippen molar-refractivity contribution in [2.75, 3.05) is 6.67 Å². The van der Waals surface area contributed by atoms with E-state index >= 15 is 0 Å². The minimum absolute atomic E-state index is 0.0630. The van der Waals surface area contributed by atoms with Gasteiger partial charge in [0.2, 0.25) is 0 Å². The Hall–Kier alpha value is -1.29. The van der Waals surface area contributed by atoms with Gasteiger partial charge < -0.3 is 0 Å². The summed E-state index contributed by atoms with van der Waals surface area (Å²) in [6.07, 6.45) is 5.29. The topological polar surface area (TPSA) is 0 Å². The molecule has 1 heteroatoms. The number of benzene rings is 1. The number of hydrogen-bond acceptors (Lipinski definition) is 0. The largest absolute Gasteiger partial charge is 0.250 e. The van der Waals surface area contributed by atoms with Crippen molar-refractivity contribution >= 4 is 0 Å². The van der Waals surface area contributed by atoms with E-state index < -0.39 is 0 Å². The Morgan fingerprint density at radius 1 is 1.46 bits per heavy atom. The quantitative estimate of drug-likeness (QED) is 0.607. The molecule has 1 aromatic rings. The molecule has 0 nitrogen and oxygen atoms in total. The zero-order chi connectivity index (χ0) is 9.84. The molecule has 0 aliphatic carbocycles. The fourth-order valence-corrected chi connectivity index (χ4v) is 1.27. The van der Waals surface area contributed by atoms with Crippen molar-refractivity contribution in [3.8, 4) is 12.3 Å². The van der Waals surface area contributed by atoms with Crippen molar-refractivity contribution in [1.29, 1.82) is 0 Å². The molecule has 0 heterocycles. The second-order valence-corrected chi connectivity index (χ2v) is 3.33. The van der Waals surface area contributed by atoms with E-state index in [2.05, 4.69) is 5.92 Å². The number of terminal acetylenes is 1. The van der Waals surface area contributed by atoms with E-state index in [9.17, 15) is 4.39 Å². The van der Waals surface area contributed by atoms with Crippen LogP contribution in [-0.4, -0.2) is 6.67 Å². The van der Waals surface area contributed by atoms with Crippen LogP contribution in [0.25, 0.3) is 0 Å². The molecule has 1 unspecified atom stereocenters. The summed E-state index contributed by atoms with van der Waals surface area (Å²) in [5.41, 5.74) is 2.90. The summed E-state index contributed by atoms with van der Waals surface area (Å²) in [7, 11) is 0. The molecule has 0 bridgehead atoms. The molecule has 0 saturated heterocycles. The lowest BCUT2D eigenvalue weighted by molar-refractivity contribution is 0.447. The van der Waals surface area contributed by atoms with E-state index in [0.29, 0.717) is 0 Å². The fourth-order valence-electron chi connectivity index (χ4n) is 1.27. The number of alkyl halides is 1. The van der Waals surface area contributed by atoms with Crippen LogP contribution < -0.4 is 0 Å². The van der Waals surface area contributed by atoms with Crippen molar-refractivity contribution in [2.24, 2.45) is 0 Å². The third-order valence-electron chi connectivity index (χ3n) is 2.07. The van der Waals surface area contributed by atoms with Gasteiger partial charge in [-0.15, -0.1) is 6.42 Å². The van der Waals surface area contributed by atoms with Gasteiger partial charge in [0.25, 0.3) is 0 Å². The molecule has 0 N–H and O–H groups in total. The van der Waals surface area contributed by atoms with Crippen LogP contribution in [0.4, 0.5) is 4.39 Å². The van der Waals surface area contributed by atoms with Crippen LogP contribution in [0, 0.1) is 19.3 Å². The molecule has 68 valence electrons. The predicted octanol–water partition coefficient (Wildman–Crippen LogP) is 3.05. The van der Waals surface area contributed by atoms with Crippen LogP contribution >= 0.6 is 0 Å². The highest BCUT2D eigenvalue weighted by Gasteiger charge is 2.05. The first-order valence-electron chi connectivity index (χ1n) is 4.31. The molecule has 0 aromatic heterocycles. The monoisotopic (exact) mass is 176 g/mol. The summed E-state index contributed by atoms with van der Waals surface area (Å²) in [6, 6.07) is 5.77. The van der Waals surface area contributed by atoms with Crippen LogP contribution in [0.2, 0.25) is 0 Å². The van der Waals surface area contributed by atoms with Gasteiger partial charge >= 0.3 is 0 Å². The Morgan fingerprint density at radius 3 is 2.69 bits per heavy atom. The molecular formula is C12H13F. The maximum atomic E-state index is 12.4. The number of halogens is 1. The van der Waals surface area contributed by atoms with Gasteiger partial charge in [-0.1, -0.05) is 18.9 Å². The molecule has 0 aliphatic heterocycles. The minimum atomic E-state index is -0.340. The second kappa shape index (κ2) is 4.09. The van der Waals surface area contributed by atoms with Crippen LogP contribution in [0.5, 0.6) is 0 Å². The van der Waals surface area contributed by atoms with Crippen molar-refractivity contribution in [1.82, 2.24) is 0 Å². The Morgan fingerprint density at radius 2 is 2.15 bits per heavy atom. The molecular weight excluding hydrogens is 163 g/mol. The van der Waals surface area contributed by atoms with E-state index in [0.717, 1.165) is 16.7 Å². The van der Waals surface area contributed by atoms with Crippen LogP contribution in [0.15, 0.2) is 18.2 Å². The van der Waals surface area contributed by atoms with Crippen LogP contribution in [0.1, 0.15) is 29.5 Å². The van der Waals surface area contributed by atoms with Crippen LogP contribution in [-0.2, 0) is 0 Å². The number of aryl methyl sites for hydroxylation is 1. The highest BCUT2D eigenvalue weighted by molar-refractivity contribution is 5.40. The molecule has 0 spiro atoms. The van der Waals surface area contributed by atoms with Gasteiger partial charge in [0.15, 0.2) is 0 Å². The highest BCUT2D eigenvalue weighted by atomic mass is 19.1. The Kier molecular flexibility index (Phi) is 3.08. The van der Waals surface area contributed by atoms with Gasteiger partial charge in [0, 0.05) is 11.5 Å². The summed E-state index contributed by atoms with van der Waals surface area (Å²) < 4.78 is 12.4. The summed E-state index contributed by atoms with van der Waals surface area (Å²) in [4.78, 5) is 0. The van der Waals surface area contributed by atoms with Crippen LogP contribution in [0.3, 0.4) is 0 Å². The summed E-state index contributed by atoms with van der Waals surface area (Å²) in [5.74, 6) is 2.50. The highest BCUT2D eigenvalue weighted by Crippen LogP contribution is 2.18. The van der Waals surface area contributed by atoms with Gasteiger partial charge in [0.05, 0.1) is 6.67 Å².